The largest absolute Gasteiger partial charge is 0.517 e. The van der Waals surface area contributed by atoms with Crippen LogP contribution in [0.25, 0.3) is 0 Å². The van der Waals surface area contributed by atoms with Crippen LogP contribution in [0.15, 0.2) is 0 Å². The van der Waals surface area contributed by atoms with Crippen LogP contribution >= 0.6 is 0 Å². The Bertz CT molecular complexity index is 135. The molecule has 0 aliphatic heterocycles. The molecule has 6 heteroatoms. The molecular formula is C10H27NO4Si. The van der Waals surface area contributed by atoms with Gasteiger partial charge in [0, 0.05) is 34.5 Å². The maximum absolute atomic E-state index is 5.77. The number of nitrogens with two attached hydrogens (primary N) is 1. The van der Waals surface area contributed by atoms with Crippen molar-refractivity contribution in [3.8, 4) is 0 Å². The van der Waals surface area contributed by atoms with E-state index in [0.717, 1.165) is 19.6 Å². The molecule has 0 amide bonds. The summed E-state index contributed by atoms with van der Waals surface area (Å²) in [6.45, 7) is 7.64. The van der Waals surface area contributed by atoms with Crippen molar-refractivity contribution in [2.45, 2.75) is 32.9 Å². The molecule has 5 nitrogen and oxygen atoms in total. The quantitative estimate of drug-likeness (QED) is 0.690. The molecule has 0 aromatic heterocycles. The summed E-state index contributed by atoms with van der Waals surface area (Å²) in [7, 11) is 2.15. The molecule has 0 saturated heterocycles. The zero-order chi connectivity index (χ0) is 13.0. The van der Waals surface area contributed by atoms with E-state index < -0.39 is 8.80 Å². The maximum atomic E-state index is 5.77. The standard InChI is InChI=1S/C6H17NO3Si.C4H10O/c1-5-6(7)11(8-2,9-3)10-4;1-3-5-4-2/h6H,5,7H2,1-4H3;3-4H2,1-2H3. The van der Waals surface area contributed by atoms with E-state index in [1.807, 2.05) is 20.8 Å². The predicted octanol–water partition coefficient (Wildman–Crippen LogP) is 1.18. The third-order valence-electron chi connectivity index (χ3n) is 2.16. The molecule has 0 heterocycles. The number of ether oxygens (including phenoxy) is 1. The average molecular weight is 253 g/mol. The van der Waals surface area contributed by atoms with Crippen molar-refractivity contribution < 1.29 is 18.0 Å². The molecule has 0 aliphatic carbocycles. The number of hydrogen-bond donors (Lipinski definition) is 1. The van der Waals surface area contributed by atoms with Crippen LogP contribution in [-0.4, -0.2) is 49.0 Å². The van der Waals surface area contributed by atoms with Gasteiger partial charge >= 0.3 is 8.80 Å². The summed E-state index contributed by atoms with van der Waals surface area (Å²) >= 11 is 0. The minimum absolute atomic E-state index is 0.137. The Hall–Kier alpha value is 0.0169. The van der Waals surface area contributed by atoms with Gasteiger partial charge in [0.2, 0.25) is 0 Å². The summed E-state index contributed by atoms with van der Waals surface area (Å²) in [5.41, 5.74) is 5.63. The van der Waals surface area contributed by atoms with Crippen LogP contribution in [0.4, 0.5) is 0 Å². The minimum Gasteiger partial charge on any atom is -0.382 e. The third-order valence-corrected chi connectivity index (χ3v) is 5.18. The van der Waals surface area contributed by atoms with Crippen molar-refractivity contribution in [2.24, 2.45) is 5.73 Å². The molecule has 0 spiro atoms. The Kier molecular flexibility index (Phi) is 13.2. The van der Waals surface area contributed by atoms with E-state index >= 15 is 0 Å². The van der Waals surface area contributed by atoms with Gasteiger partial charge in [0.15, 0.2) is 0 Å². The van der Waals surface area contributed by atoms with Gasteiger partial charge in [-0.2, -0.15) is 0 Å². The van der Waals surface area contributed by atoms with Gasteiger partial charge in [-0.25, -0.2) is 0 Å². The first kappa shape index (κ1) is 18.4. The minimum atomic E-state index is -2.54. The first-order valence-electron chi connectivity index (χ1n) is 5.57. The molecule has 1 unspecified atom stereocenters. The van der Waals surface area contributed by atoms with Crippen molar-refractivity contribution in [3.05, 3.63) is 0 Å². The summed E-state index contributed by atoms with van der Waals surface area (Å²) in [4.78, 5) is 0. The van der Waals surface area contributed by atoms with Gasteiger partial charge < -0.3 is 23.7 Å². The van der Waals surface area contributed by atoms with E-state index in [2.05, 4.69) is 0 Å². The zero-order valence-electron chi connectivity index (χ0n) is 11.4. The highest BCUT2D eigenvalue weighted by Gasteiger charge is 2.44. The van der Waals surface area contributed by atoms with E-state index in [0.29, 0.717) is 0 Å². The van der Waals surface area contributed by atoms with Gasteiger partial charge in [0.25, 0.3) is 0 Å². The molecule has 100 valence electrons. The van der Waals surface area contributed by atoms with Crippen LogP contribution in [0.1, 0.15) is 27.2 Å². The monoisotopic (exact) mass is 253 g/mol. The van der Waals surface area contributed by atoms with Crippen LogP contribution in [0, 0.1) is 0 Å². The second kappa shape index (κ2) is 11.5. The molecule has 16 heavy (non-hydrogen) atoms. The SMILES string of the molecule is CCC(N)[Si](OC)(OC)OC.CCOCC. The van der Waals surface area contributed by atoms with Crippen molar-refractivity contribution in [1.29, 1.82) is 0 Å². The Morgan fingerprint density at radius 3 is 1.38 bits per heavy atom. The molecule has 0 saturated carbocycles. The van der Waals surface area contributed by atoms with Crippen molar-refractivity contribution >= 4 is 8.80 Å². The summed E-state index contributed by atoms with van der Waals surface area (Å²) in [6, 6.07) is 0. The van der Waals surface area contributed by atoms with Crippen molar-refractivity contribution in [1.82, 2.24) is 0 Å². The lowest BCUT2D eigenvalue weighted by molar-refractivity contribution is 0.112. The second-order valence-corrected chi connectivity index (χ2v) is 6.19. The fourth-order valence-corrected chi connectivity index (χ4v) is 3.07. The average Bonchev–Trinajstić information content (AvgIpc) is 2.33. The van der Waals surface area contributed by atoms with Gasteiger partial charge in [0.1, 0.15) is 0 Å². The zero-order valence-corrected chi connectivity index (χ0v) is 12.4. The first-order valence-corrected chi connectivity index (χ1v) is 7.37. The number of rotatable bonds is 7. The molecule has 2 N–H and O–H groups in total. The van der Waals surface area contributed by atoms with Crippen LogP contribution in [0.3, 0.4) is 0 Å². The Morgan fingerprint density at radius 1 is 0.938 bits per heavy atom. The van der Waals surface area contributed by atoms with Gasteiger partial charge in [-0.3, -0.25) is 0 Å². The van der Waals surface area contributed by atoms with Crippen LogP contribution in [-0.2, 0) is 18.0 Å². The molecule has 0 aromatic carbocycles. The maximum Gasteiger partial charge on any atom is 0.517 e. The van der Waals surface area contributed by atoms with E-state index in [9.17, 15) is 0 Å². The van der Waals surface area contributed by atoms with E-state index in [1.165, 1.54) is 0 Å². The highest BCUT2D eigenvalue weighted by Crippen LogP contribution is 2.11. The molecule has 0 aromatic rings. The van der Waals surface area contributed by atoms with Crippen LogP contribution in [0.2, 0.25) is 0 Å². The predicted molar refractivity (Wildman–Crippen MR) is 67.2 cm³/mol. The Morgan fingerprint density at radius 2 is 1.31 bits per heavy atom. The molecule has 1 atom stereocenters. The molecule has 0 aliphatic rings. The molecule has 0 rings (SSSR count). The fraction of sp³-hybridized carbons (Fsp3) is 1.00. The van der Waals surface area contributed by atoms with Gasteiger partial charge in [-0.15, -0.1) is 0 Å². The van der Waals surface area contributed by atoms with E-state index in [-0.39, 0.29) is 5.67 Å². The number of hydrogen-bond acceptors (Lipinski definition) is 5. The highest BCUT2D eigenvalue weighted by atomic mass is 28.4. The first-order chi connectivity index (χ1) is 7.58. The van der Waals surface area contributed by atoms with Gasteiger partial charge in [-0.1, -0.05) is 6.92 Å². The van der Waals surface area contributed by atoms with Crippen molar-refractivity contribution in [3.63, 3.8) is 0 Å². The fourth-order valence-electron chi connectivity index (χ4n) is 1.16. The summed E-state index contributed by atoms with van der Waals surface area (Å²) in [6.07, 6.45) is 0.793. The second-order valence-electron chi connectivity index (χ2n) is 3.01. The third kappa shape index (κ3) is 6.57. The normalized spacial score (nSPS) is 12.9. The molecule has 0 fully saturated rings. The summed E-state index contributed by atoms with van der Waals surface area (Å²) in [5, 5.41) is 0. The molecule has 0 radical (unpaired) electrons. The molecule has 0 bridgehead atoms. The Labute approximate surface area is 101 Å². The van der Waals surface area contributed by atoms with Gasteiger partial charge in [0.05, 0.1) is 5.67 Å². The summed E-state index contributed by atoms with van der Waals surface area (Å²) in [5.74, 6) is 0. The van der Waals surface area contributed by atoms with E-state index in [4.69, 9.17) is 23.7 Å². The Balaban J connectivity index is 0. The van der Waals surface area contributed by atoms with Crippen LogP contribution in [0.5, 0.6) is 0 Å². The highest BCUT2D eigenvalue weighted by molar-refractivity contribution is 6.62. The van der Waals surface area contributed by atoms with Crippen LogP contribution < -0.4 is 5.73 Å². The lowest BCUT2D eigenvalue weighted by Crippen LogP contribution is -2.58. The smallest absolute Gasteiger partial charge is 0.382 e. The lowest BCUT2D eigenvalue weighted by atomic mass is 10.5. The van der Waals surface area contributed by atoms with E-state index in [1.54, 1.807) is 21.3 Å². The van der Waals surface area contributed by atoms with Crippen molar-refractivity contribution in [2.75, 3.05) is 34.5 Å². The molecular weight excluding hydrogens is 226 g/mol. The topological polar surface area (TPSA) is 62.9 Å². The summed E-state index contributed by atoms with van der Waals surface area (Å²) < 4.78 is 20.3. The van der Waals surface area contributed by atoms with Gasteiger partial charge in [-0.05, 0) is 20.3 Å². The lowest BCUT2D eigenvalue weighted by Gasteiger charge is -2.28.